The average molecular weight is 581 g/mol. The van der Waals surface area contributed by atoms with Crippen LogP contribution in [0.3, 0.4) is 0 Å². The van der Waals surface area contributed by atoms with Gasteiger partial charge in [0.15, 0.2) is 22.9 Å². The predicted molar refractivity (Wildman–Crippen MR) is 153 cm³/mol. The Morgan fingerprint density at radius 2 is 1.78 bits per heavy atom. The summed E-state index contributed by atoms with van der Waals surface area (Å²) in [6.07, 6.45) is 1.78. The van der Waals surface area contributed by atoms with Gasteiger partial charge in [-0.1, -0.05) is 29.5 Å². The molecule has 1 aliphatic heterocycles. The summed E-state index contributed by atoms with van der Waals surface area (Å²) in [7, 11) is 2.87. The third-order valence-corrected chi connectivity index (χ3v) is 7.39. The topological polar surface area (TPSA) is 115 Å². The molecule has 2 aromatic carbocycles. The summed E-state index contributed by atoms with van der Waals surface area (Å²) in [4.78, 5) is 43.8. The Morgan fingerprint density at radius 3 is 2.46 bits per heavy atom. The molecule has 0 amide bonds. The van der Waals surface area contributed by atoms with Gasteiger partial charge in [0, 0.05) is 0 Å². The van der Waals surface area contributed by atoms with Gasteiger partial charge < -0.3 is 23.7 Å². The molecule has 1 aromatic heterocycles. The highest BCUT2D eigenvalue weighted by Gasteiger charge is 2.34. The Morgan fingerprint density at radius 1 is 1.00 bits per heavy atom. The minimum Gasteiger partial charge on any atom is -0.496 e. The fraction of sp³-hybridized carbons (Fsp3) is 0.333. The van der Waals surface area contributed by atoms with E-state index in [-0.39, 0.29) is 24.3 Å². The standard InChI is InChI=1S/C30H32N2O8S/c1-7-38-23-15-20(11-12-21(23)40-16-25(33)37-6)27-26(29(35)39-8-2)18(4)31-30-32(27)28(34)24(41-30)14-19-10-9-17(3)22(13-19)36-5/h9-15,27H,7-8,16H2,1-6H3/b24-14+/t27-/m0/s1. The van der Waals surface area contributed by atoms with Gasteiger partial charge in [0.2, 0.25) is 0 Å². The number of ether oxygens (including phenoxy) is 5. The molecule has 1 atom stereocenters. The second kappa shape index (κ2) is 12.9. The second-order valence-corrected chi connectivity index (χ2v) is 10.0. The van der Waals surface area contributed by atoms with E-state index in [1.54, 1.807) is 45.2 Å². The number of carbonyl (C=O) groups is 2. The van der Waals surface area contributed by atoms with Gasteiger partial charge in [-0.25, -0.2) is 14.6 Å². The van der Waals surface area contributed by atoms with Crippen LogP contribution in [0.2, 0.25) is 0 Å². The lowest BCUT2D eigenvalue weighted by Gasteiger charge is -2.25. The van der Waals surface area contributed by atoms with Crippen LogP contribution in [0.4, 0.5) is 0 Å². The van der Waals surface area contributed by atoms with Crippen LogP contribution in [-0.4, -0.2) is 50.5 Å². The van der Waals surface area contributed by atoms with Crippen molar-refractivity contribution < 1.29 is 33.3 Å². The van der Waals surface area contributed by atoms with Crippen molar-refractivity contribution in [2.45, 2.75) is 33.7 Å². The molecule has 0 aliphatic carbocycles. The lowest BCUT2D eigenvalue weighted by molar-refractivity contribution is -0.143. The van der Waals surface area contributed by atoms with Crippen LogP contribution in [0.25, 0.3) is 6.08 Å². The monoisotopic (exact) mass is 580 g/mol. The Hall–Kier alpha value is -4.38. The molecule has 0 saturated heterocycles. The number of carbonyl (C=O) groups excluding carboxylic acids is 2. The largest absolute Gasteiger partial charge is 0.496 e. The first-order chi connectivity index (χ1) is 19.7. The molecule has 0 bridgehead atoms. The maximum absolute atomic E-state index is 13.9. The van der Waals surface area contributed by atoms with E-state index in [4.69, 9.17) is 18.9 Å². The molecule has 0 radical (unpaired) electrons. The number of nitrogens with zero attached hydrogens (tertiary/aromatic N) is 2. The smallest absolute Gasteiger partial charge is 0.343 e. The van der Waals surface area contributed by atoms with Crippen LogP contribution in [0.15, 0.2) is 57.5 Å². The molecular weight excluding hydrogens is 548 g/mol. The second-order valence-electron chi connectivity index (χ2n) is 9.04. The summed E-state index contributed by atoms with van der Waals surface area (Å²) >= 11 is 1.23. The summed E-state index contributed by atoms with van der Waals surface area (Å²) in [5.74, 6) is 0.266. The van der Waals surface area contributed by atoms with E-state index < -0.39 is 18.0 Å². The average Bonchev–Trinajstić information content (AvgIpc) is 3.26. The SMILES string of the molecule is CCOC(=O)C1=C(C)N=c2s/c(=C/c3ccc(C)c(OC)c3)c(=O)n2[C@H]1c1ccc(OCC(=O)OC)c(OCC)c1. The normalized spacial score (nSPS) is 14.7. The lowest BCUT2D eigenvalue weighted by atomic mass is 9.95. The first-order valence-electron chi connectivity index (χ1n) is 13.0. The highest BCUT2D eigenvalue weighted by molar-refractivity contribution is 7.07. The number of hydrogen-bond donors (Lipinski definition) is 0. The van der Waals surface area contributed by atoms with E-state index in [9.17, 15) is 14.4 Å². The van der Waals surface area contributed by atoms with E-state index in [1.807, 2.05) is 32.0 Å². The molecule has 216 valence electrons. The number of benzene rings is 2. The highest BCUT2D eigenvalue weighted by Crippen LogP contribution is 2.36. The zero-order valence-electron chi connectivity index (χ0n) is 23.8. The third kappa shape index (κ3) is 6.19. The number of allylic oxidation sites excluding steroid dienone is 1. The molecule has 10 nitrogen and oxygen atoms in total. The van der Waals surface area contributed by atoms with E-state index in [1.165, 1.54) is 23.0 Å². The minimum absolute atomic E-state index is 0.159. The molecule has 3 aromatic rings. The summed E-state index contributed by atoms with van der Waals surface area (Å²) in [5, 5.41) is 0. The van der Waals surface area contributed by atoms with E-state index in [0.717, 1.165) is 11.1 Å². The van der Waals surface area contributed by atoms with Gasteiger partial charge in [-0.15, -0.1) is 0 Å². The van der Waals surface area contributed by atoms with E-state index in [0.29, 0.717) is 44.4 Å². The van der Waals surface area contributed by atoms with Crippen LogP contribution in [-0.2, 0) is 19.1 Å². The van der Waals surface area contributed by atoms with Gasteiger partial charge in [-0.2, -0.15) is 0 Å². The van der Waals surface area contributed by atoms with Gasteiger partial charge in [-0.05, 0) is 68.7 Å². The molecule has 0 spiro atoms. The van der Waals surface area contributed by atoms with Gasteiger partial charge >= 0.3 is 11.9 Å². The van der Waals surface area contributed by atoms with Crippen molar-refractivity contribution in [2.24, 2.45) is 4.99 Å². The molecule has 41 heavy (non-hydrogen) atoms. The van der Waals surface area contributed by atoms with Gasteiger partial charge in [0.05, 0.1) is 49.3 Å². The third-order valence-electron chi connectivity index (χ3n) is 6.40. The number of hydrogen-bond acceptors (Lipinski definition) is 10. The molecule has 2 heterocycles. The first kappa shape index (κ1) is 29.6. The minimum atomic E-state index is -0.839. The van der Waals surface area contributed by atoms with Crippen LogP contribution in [0.5, 0.6) is 17.2 Å². The molecule has 0 saturated carbocycles. The maximum atomic E-state index is 13.9. The lowest BCUT2D eigenvalue weighted by Crippen LogP contribution is -2.40. The van der Waals surface area contributed by atoms with Crippen molar-refractivity contribution in [3.63, 3.8) is 0 Å². The van der Waals surface area contributed by atoms with Crippen LogP contribution >= 0.6 is 11.3 Å². The molecule has 11 heteroatoms. The van der Waals surface area contributed by atoms with Crippen molar-refractivity contribution in [1.29, 1.82) is 0 Å². The summed E-state index contributed by atoms with van der Waals surface area (Å²) in [5.41, 5.74) is 2.74. The predicted octanol–water partition coefficient (Wildman–Crippen LogP) is 3.07. The zero-order valence-corrected chi connectivity index (χ0v) is 24.6. The molecule has 0 unspecified atom stereocenters. The fourth-order valence-electron chi connectivity index (χ4n) is 4.46. The van der Waals surface area contributed by atoms with Gasteiger partial charge in [-0.3, -0.25) is 9.36 Å². The molecule has 4 rings (SSSR count). The number of esters is 2. The van der Waals surface area contributed by atoms with Crippen molar-refractivity contribution >= 4 is 29.4 Å². The Labute approximate surface area is 241 Å². The first-order valence-corrected chi connectivity index (χ1v) is 13.8. The van der Waals surface area contributed by atoms with E-state index >= 15 is 0 Å². The summed E-state index contributed by atoms with van der Waals surface area (Å²) in [6.45, 7) is 7.37. The Kier molecular flexibility index (Phi) is 9.28. The number of thiazole rings is 1. The zero-order chi connectivity index (χ0) is 29.7. The highest BCUT2D eigenvalue weighted by atomic mass is 32.1. The number of methoxy groups -OCH3 is 2. The van der Waals surface area contributed by atoms with Gasteiger partial charge in [0.25, 0.3) is 5.56 Å². The maximum Gasteiger partial charge on any atom is 0.343 e. The molecular formula is C30H32N2O8S. The quantitative estimate of drug-likeness (QED) is 0.336. The summed E-state index contributed by atoms with van der Waals surface area (Å²) < 4.78 is 28.8. The van der Waals surface area contributed by atoms with Gasteiger partial charge in [0.1, 0.15) is 5.75 Å². The van der Waals surface area contributed by atoms with Crippen LogP contribution in [0.1, 0.15) is 43.5 Å². The number of rotatable bonds is 10. The van der Waals surface area contributed by atoms with Crippen LogP contribution < -0.4 is 29.1 Å². The van der Waals surface area contributed by atoms with Crippen molar-refractivity contribution in [3.8, 4) is 17.2 Å². The Bertz CT molecular complexity index is 1690. The molecule has 0 N–H and O–H groups in total. The van der Waals surface area contributed by atoms with Crippen molar-refractivity contribution in [3.05, 3.63) is 84.0 Å². The Balaban J connectivity index is 1.90. The van der Waals surface area contributed by atoms with Crippen molar-refractivity contribution in [1.82, 2.24) is 4.57 Å². The number of aryl methyl sites for hydroxylation is 1. The number of aromatic nitrogens is 1. The molecule has 0 fully saturated rings. The van der Waals surface area contributed by atoms with Crippen LogP contribution in [0, 0.1) is 6.92 Å². The molecule has 1 aliphatic rings. The van der Waals surface area contributed by atoms with Crippen molar-refractivity contribution in [2.75, 3.05) is 34.0 Å². The summed E-state index contributed by atoms with van der Waals surface area (Å²) in [6, 6.07) is 9.91. The van der Waals surface area contributed by atoms with E-state index in [2.05, 4.69) is 9.73 Å². The number of fused-ring (bicyclic) bond motifs is 1. The fourth-order valence-corrected chi connectivity index (χ4v) is 5.51.